The van der Waals surface area contributed by atoms with Crippen molar-refractivity contribution in [1.82, 2.24) is 15.2 Å². The number of benzene rings is 2. The first-order chi connectivity index (χ1) is 21.0. The molecule has 1 atom stereocenters. The van der Waals surface area contributed by atoms with Crippen molar-refractivity contribution in [3.8, 4) is 23.0 Å². The Morgan fingerprint density at radius 3 is 2.42 bits per heavy atom. The van der Waals surface area contributed by atoms with Crippen molar-refractivity contribution in [2.45, 2.75) is 19.3 Å². The molecule has 2 N–H and O–H groups in total. The Hall–Kier alpha value is -4.41. The smallest absolute Gasteiger partial charge is 0.240 e. The molecule has 10 heteroatoms. The third-order valence-electron chi connectivity index (χ3n) is 8.28. The van der Waals surface area contributed by atoms with Gasteiger partial charge in [0.2, 0.25) is 11.8 Å². The number of nitrogens with zero attached hydrogens (tertiary/aromatic N) is 2. The van der Waals surface area contributed by atoms with E-state index < -0.39 is 5.41 Å². The van der Waals surface area contributed by atoms with Crippen LogP contribution in [0.1, 0.15) is 19.3 Å². The van der Waals surface area contributed by atoms with Crippen LogP contribution in [0.15, 0.2) is 72.6 Å². The molecule has 1 saturated carbocycles. The van der Waals surface area contributed by atoms with Gasteiger partial charge in [-0.2, -0.15) is 0 Å². The van der Waals surface area contributed by atoms with Crippen molar-refractivity contribution in [2.75, 3.05) is 52.4 Å². The van der Waals surface area contributed by atoms with Crippen LogP contribution in [-0.4, -0.2) is 68.8 Å². The summed E-state index contributed by atoms with van der Waals surface area (Å²) >= 11 is 0. The summed E-state index contributed by atoms with van der Waals surface area (Å²) in [6.45, 7) is 4.09. The summed E-state index contributed by atoms with van der Waals surface area (Å²) in [7, 11) is 3.16. The summed E-state index contributed by atoms with van der Waals surface area (Å²) in [5.41, 5.74) is 1.11. The van der Waals surface area contributed by atoms with Gasteiger partial charge in [-0.15, -0.1) is 0 Å². The molecule has 2 amide bonds. The summed E-state index contributed by atoms with van der Waals surface area (Å²) in [6, 6.07) is 12.5. The Morgan fingerprint density at radius 2 is 1.70 bits per heavy atom. The lowest BCUT2D eigenvalue weighted by Gasteiger charge is -2.32. The SMILES string of the molecule is COc1cc2nccc(Oc3ccc(NC(=O)C4(C(=O)NC5=CC=CCC5CN5CCOCC5)CC4)cc3)c2cc1OC. The average Bonchev–Trinajstić information content (AvgIpc) is 3.85. The number of anilines is 1. The van der Waals surface area contributed by atoms with Gasteiger partial charge in [-0.1, -0.05) is 12.2 Å². The van der Waals surface area contributed by atoms with Gasteiger partial charge in [0.05, 0.1) is 33.0 Å². The standard InChI is InChI=1S/C33H36N4O6/c1-40-29-19-25-27(20-30(29)41-2)34-14-11-28(25)43-24-9-7-23(8-10-24)35-31(38)33(12-13-33)32(39)36-26-6-4-3-5-22(26)21-37-15-17-42-18-16-37/h3-4,6-11,14,19-20,22H,5,12-13,15-18,21H2,1-2H3,(H,35,38)(H,36,39). The fourth-order valence-electron chi connectivity index (χ4n) is 5.54. The predicted molar refractivity (Wildman–Crippen MR) is 162 cm³/mol. The zero-order chi connectivity index (χ0) is 29.8. The highest BCUT2D eigenvalue weighted by Crippen LogP contribution is 2.47. The molecule has 224 valence electrons. The molecule has 2 aromatic carbocycles. The van der Waals surface area contributed by atoms with Crippen molar-refractivity contribution >= 4 is 28.4 Å². The quantitative estimate of drug-likeness (QED) is 0.331. The van der Waals surface area contributed by atoms with E-state index in [2.05, 4.69) is 26.6 Å². The van der Waals surface area contributed by atoms with E-state index in [-0.39, 0.29) is 17.7 Å². The monoisotopic (exact) mass is 584 g/mol. The molecule has 43 heavy (non-hydrogen) atoms. The predicted octanol–water partition coefficient (Wildman–Crippen LogP) is 4.67. The van der Waals surface area contributed by atoms with Crippen LogP contribution < -0.4 is 24.8 Å². The van der Waals surface area contributed by atoms with Crippen LogP contribution in [0.25, 0.3) is 10.9 Å². The number of carbonyl (C=O) groups is 2. The van der Waals surface area contributed by atoms with Crippen molar-refractivity contribution in [3.05, 3.63) is 72.6 Å². The molecule has 6 rings (SSSR count). The lowest BCUT2D eigenvalue weighted by atomic mass is 9.94. The first kappa shape index (κ1) is 28.7. The molecule has 2 aliphatic carbocycles. The summed E-state index contributed by atoms with van der Waals surface area (Å²) in [4.78, 5) is 33.5. The van der Waals surface area contributed by atoms with Gasteiger partial charge >= 0.3 is 0 Å². The number of aromatic nitrogens is 1. The van der Waals surface area contributed by atoms with Gasteiger partial charge in [-0.05, 0) is 61.7 Å². The molecule has 1 saturated heterocycles. The second kappa shape index (κ2) is 12.4. The lowest BCUT2D eigenvalue weighted by molar-refractivity contribution is -0.134. The number of morpholine rings is 1. The number of hydrogen-bond donors (Lipinski definition) is 2. The fraction of sp³-hybridized carbons (Fsp3) is 0.364. The van der Waals surface area contributed by atoms with E-state index in [4.69, 9.17) is 18.9 Å². The minimum Gasteiger partial charge on any atom is -0.493 e. The zero-order valence-corrected chi connectivity index (χ0v) is 24.4. The minimum absolute atomic E-state index is 0.180. The van der Waals surface area contributed by atoms with E-state index in [1.54, 1.807) is 56.8 Å². The van der Waals surface area contributed by atoms with Crippen LogP contribution >= 0.6 is 0 Å². The Kier molecular flexibility index (Phi) is 8.31. The van der Waals surface area contributed by atoms with Gasteiger partial charge in [0.25, 0.3) is 0 Å². The molecular formula is C33H36N4O6. The Morgan fingerprint density at radius 1 is 0.977 bits per heavy atom. The Bertz CT molecular complexity index is 1560. The van der Waals surface area contributed by atoms with Gasteiger partial charge in [0.15, 0.2) is 11.5 Å². The number of fused-ring (bicyclic) bond motifs is 1. The molecule has 0 radical (unpaired) electrons. The van der Waals surface area contributed by atoms with Crippen LogP contribution in [0.4, 0.5) is 5.69 Å². The van der Waals surface area contributed by atoms with Crippen LogP contribution in [-0.2, 0) is 14.3 Å². The molecule has 3 aliphatic rings. The molecule has 2 fully saturated rings. The number of methoxy groups -OCH3 is 2. The molecule has 10 nitrogen and oxygen atoms in total. The van der Waals surface area contributed by atoms with Gasteiger partial charge in [0, 0.05) is 54.6 Å². The maximum Gasteiger partial charge on any atom is 0.240 e. The summed E-state index contributed by atoms with van der Waals surface area (Å²) < 4.78 is 22.5. The fourth-order valence-corrected chi connectivity index (χ4v) is 5.54. The van der Waals surface area contributed by atoms with Gasteiger partial charge in [-0.25, -0.2) is 0 Å². The first-order valence-electron chi connectivity index (χ1n) is 14.6. The number of pyridine rings is 1. The van der Waals surface area contributed by atoms with E-state index in [0.717, 1.165) is 50.4 Å². The zero-order valence-electron chi connectivity index (χ0n) is 24.4. The van der Waals surface area contributed by atoms with E-state index in [1.807, 2.05) is 18.2 Å². The number of ether oxygens (including phenoxy) is 4. The van der Waals surface area contributed by atoms with Gasteiger partial charge in [-0.3, -0.25) is 19.5 Å². The second-order valence-corrected chi connectivity index (χ2v) is 11.0. The van der Waals surface area contributed by atoms with E-state index in [1.165, 1.54) is 0 Å². The number of hydrogen-bond acceptors (Lipinski definition) is 8. The second-order valence-electron chi connectivity index (χ2n) is 11.0. The van der Waals surface area contributed by atoms with Crippen molar-refractivity contribution in [3.63, 3.8) is 0 Å². The maximum absolute atomic E-state index is 13.4. The number of allylic oxidation sites excluding steroid dienone is 3. The Balaban J connectivity index is 1.09. The minimum atomic E-state index is -1.06. The molecule has 2 heterocycles. The first-order valence-corrected chi connectivity index (χ1v) is 14.6. The molecule has 1 unspecified atom stereocenters. The Labute approximate surface area is 250 Å². The topological polar surface area (TPSA) is 111 Å². The number of nitrogens with one attached hydrogen (secondary N) is 2. The molecule has 0 spiro atoms. The molecule has 3 aromatic rings. The summed E-state index contributed by atoms with van der Waals surface area (Å²) in [5, 5.41) is 6.81. The molecule has 1 aromatic heterocycles. The highest BCUT2D eigenvalue weighted by Gasteiger charge is 2.56. The van der Waals surface area contributed by atoms with Crippen molar-refractivity contribution < 1.29 is 28.5 Å². The third kappa shape index (κ3) is 6.21. The largest absolute Gasteiger partial charge is 0.493 e. The van der Waals surface area contributed by atoms with Crippen molar-refractivity contribution in [2.24, 2.45) is 11.3 Å². The number of carbonyl (C=O) groups excluding carboxylic acids is 2. The van der Waals surface area contributed by atoms with Gasteiger partial charge < -0.3 is 29.6 Å². The molecule has 0 bridgehead atoms. The number of rotatable bonds is 10. The lowest BCUT2D eigenvalue weighted by Crippen LogP contribution is -2.44. The normalized spacial score (nSPS) is 19.3. The van der Waals surface area contributed by atoms with E-state index in [0.29, 0.717) is 47.0 Å². The van der Waals surface area contributed by atoms with E-state index >= 15 is 0 Å². The summed E-state index contributed by atoms with van der Waals surface area (Å²) in [5.74, 6) is 2.00. The average molecular weight is 585 g/mol. The highest BCUT2D eigenvalue weighted by molar-refractivity contribution is 6.13. The van der Waals surface area contributed by atoms with Crippen LogP contribution in [0, 0.1) is 11.3 Å². The van der Waals surface area contributed by atoms with Gasteiger partial charge in [0.1, 0.15) is 16.9 Å². The van der Waals surface area contributed by atoms with Crippen LogP contribution in [0.5, 0.6) is 23.0 Å². The van der Waals surface area contributed by atoms with Crippen LogP contribution in [0.2, 0.25) is 0 Å². The molecular weight excluding hydrogens is 548 g/mol. The number of amides is 2. The van der Waals surface area contributed by atoms with Crippen molar-refractivity contribution in [1.29, 1.82) is 0 Å². The maximum atomic E-state index is 13.4. The van der Waals surface area contributed by atoms with E-state index in [9.17, 15) is 9.59 Å². The third-order valence-corrected chi connectivity index (χ3v) is 8.28. The highest BCUT2D eigenvalue weighted by atomic mass is 16.5. The summed E-state index contributed by atoms with van der Waals surface area (Å²) in [6.07, 6.45) is 9.61. The van der Waals surface area contributed by atoms with Crippen LogP contribution in [0.3, 0.4) is 0 Å². The molecule has 1 aliphatic heterocycles.